The summed E-state index contributed by atoms with van der Waals surface area (Å²) in [6.07, 6.45) is 0. The predicted octanol–water partition coefficient (Wildman–Crippen LogP) is 3.62. The Kier molecular flexibility index (Phi) is 2.81. The standard InChI is InChI=1S/C10H12ClFO/c1-5(2)8-7(13)4-6(3)9(11)10(8)12/h4-5,13H,1-3H3. The van der Waals surface area contributed by atoms with Crippen LogP contribution in [-0.2, 0) is 0 Å². The third-order valence-corrected chi connectivity index (χ3v) is 2.45. The van der Waals surface area contributed by atoms with Gasteiger partial charge >= 0.3 is 0 Å². The second-order valence-electron chi connectivity index (χ2n) is 3.41. The van der Waals surface area contributed by atoms with E-state index >= 15 is 0 Å². The average molecular weight is 203 g/mol. The van der Waals surface area contributed by atoms with E-state index in [1.165, 1.54) is 6.07 Å². The van der Waals surface area contributed by atoms with E-state index < -0.39 is 5.82 Å². The van der Waals surface area contributed by atoms with Crippen LogP contribution in [0.3, 0.4) is 0 Å². The number of halogens is 2. The number of phenols is 1. The van der Waals surface area contributed by atoms with Gasteiger partial charge in [0.1, 0.15) is 11.6 Å². The van der Waals surface area contributed by atoms with E-state index in [0.717, 1.165) is 0 Å². The first-order valence-corrected chi connectivity index (χ1v) is 4.50. The summed E-state index contributed by atoms with van der Waals surface area (Å²) in [4.78, 5) is 0. The highest BCUT2D eigenvalue weighted by atomic mass is 35.5. The molecule has 0 saturated carbocycles. The van der Waals surface area contributed by atoms with Crippen LogP contribution in [-0.4, -0.2) is 5.11 Å². The molecule has 0 bridgehead atoms. The van der Waals surface area contributed by atoms with Gasteiger partial charge in [-0.3, -0.25) is 0 Å². The smallest absolute Gasteiger partial charge is 0.149 e. The van der Waals surface area contributed by atoms with Crippen molar-refractivity contribution in [3.63, 3.8) is 0 Å². The third-order valence-electron chi connectivity index (χ3n) is 1.98. The minimum absolute atomic E-state index is 0.0191. The van der Waals surface area contributed by atoms with Crippen molar-refractivity contribution in [1.29, 1.82) is 0 Å². The number of aromatic hydroxyl groups is 1. The summed E-state index contributed by atoms with van der Waals surface area (Å²) in [7, 11) is 0. The van der Waals surface area contributed by atoms with Gasteiger partial charge in [0.05, 0.1) is 5.02 Å². The Bertz CT molecular complexity index is 334. The van der Waals surface area contributed by atoms with E-state index in [0.29, 0.717) is 5.56 Å². The average Bonchev–Trinajstić information content (AvgIpc) is 1.99. The van der Waals surface area contributed by atoms with Crippen molar-refractivity contribution in [3.8, 4) is 5.75 Å². The van der Waals surface area contributed by atoms with Crippen molar-refractivity contribution < 1.29 is 9.50 Å². The number of aryl methyl sites for hydroxylation is 1. The first-order valence-electron chi connectivity index (χ1n) is 4.12. The zero-order chi connectivity index (χ0) is 10.2. The van der Waals surface area contributed by atoms with E-state index in [2.05, 4.69) is 0 Å². The fourth-order valence-electron chi connectivity index (χ4n) is 1.30. The number of hydrogen-bond acceptors (Lipinski definition) is 1. The van der Waals surface area contributed by atoms with Crippen LogP contribution < -0.4 is 0 Å². The Balaban J connectivity index is 3.44. The van der Waals surface area contributed by atoms with Gasteiger partial charge in [-0.1, -0.05) is 25.4 Å². The van der Waals surface area contributed by atoms with Crippen molar-refractivity contribution in [1.82, 2.24) is 0 Å². The Morgan fingerprint density at radius 3 is 2.46 bits per heavy atom. The molecule has 0 atom stereocenters. The molecule has 1 nitrogen and oxygen atoms in total. The molecule has 0 saturated heterocycles. The molecular formula is C10H12ClFO. The molecule has 3 heteroatoms. The summed E-state index contributed by atoms with van der Waals surface area (Å²) >= 11 is 5.71. The molecule has 1 aromatic rings. The molecule has 0 amide bonds. The molecule has 0 aromatic heterocycles. The Morgan fingerprint density at radius 2 is 2.00 bits per heavy atom. The Hall–Kier alpha value is -0.760. The number of rotatable bonds is 1. The van der Waals surface area contributed by atoms with E-state index in [1.807, 2.05) is 13.8 Å². The molecule has 0 fully saturated rings. The lowest BCUT2D eigenvalue weighted by Crippen LogP contribution is -1.96. The Morgan fingerprint density at radius 1 is 1.46 bits per heavy atom. The van der Waals surface area contributed by atoms with Crippen LogP contribution >= 0.6 is 11.6 Å². The quantitative estimate of drug-likeness (QED) is 0.738. The summed E-state index contributed by atoms with van der Waals surface area (Å²) in [5.41, 5.74) is 0.844. The van der Waals surface area contributed by atoms with Crippen LogP contribution in [0.2, 0.25) is 5.02 Å². The van der Waals surface area contributed by atoms with Gasteiger partial charge in [0.15, 0.2) is 0 Å². The molecule has 1 rings (SSSR count). The Labute approximate surface area is 82.2 Å². The van der Waals surface area contributed by atoms with Crippen LogP contribution in [0.1, 0.15) is 30.9 Å². The van der Waals surface area contributed by atoms with Gasteiger partial charge in [-0.15, -0.1) is 0 Å². The van der Waals surface area contributed by atoms with E-state index in [4.69, 9.17) is 11.6 Å². The van der Waals surface area contributed by atoms with Crippen LogP contribution in [0, 0.1) is 12.7 Å². The number of hydrogen-bond donors (Lipinski definition) is 1. The zero-order valence-corrected chi connectivity index (χ0v) is 8.61. The molecule has 72 valence electrons. The SMILES string of the molecule is Cc1cc(O)c(C(C)C)c(F)c1Cl. The van der Waals surface area contributed by atoms with Crippen LogP contribution in [0.15, 0.2) is 6.07 Å². The fraction of sp³-hybridized carbons (Fsp3) is 0.400. The molecule has 0 unspecified atom stereocenters. The fourth-order valence-corrected chi connectivity index (χ4v) is 1.46. The van der Waals surface area contributed by atoms with Gasteiger partial charge in [-0.2, -0.15) is 0 Å². The maximum atomic E-state index is 13.5. The van der Waals surface area contributed by atoms with Gasteiger partial charge in [0.25, 0.3) is 0 Å². The van der Waals surface area contributed by atoms with Crippen molar-refractivity contribution in [2.75, 3.05) is 0 Å². The van der Waals surface area contributed by atoms with Gasteiger partial charge in [0.2, 0.25) is 0 Å². The molecule has 0 spiro atoms. The maximum Gasteiger partial charge on any atom is 0.149 e. The molecule has 0 radical (unpaired) electrons. The zero-order valence-electron chi connectivity index (χ0n) is 7.86. The lowest BCUT2D eigenvalue weighted by Gasteiger charge is -2.12. The molecule has 13 heavy (non-hydrogen) atoms. The number of benzene rings is 1. The summed E-state index contributed by atoms with van der Waals surface area (Å²) in [6.45, 7) is 5.28. The lowest BCUT2D eigenvalue weighted by molar-refractivity contribution is 0.453. The third kappa shape index (κ3) is 1.78. The van der Waals surface area contributed by atoms with Gasteiger partial charge < -0.3 is 5.11 Å². The minimum atomic E-state index is -0.505. The maximum absolute atomic E-state index is 13.5. The highest BCUT2D eigenvalue weighted by Gasteiger charge is 2.16. The molecule has 0 aliphatic rings. The van der Waals surface area contributed by atoms with Crippen LogP contribution in [0.4, 0.5) is 4.39 Å². The normalized spacial score (nSPS) is 10.9. The van der Waals surface area contributed by atoms with Crippen LogP contribution in [0.5, 0.6) is 5.75 Å². The summed E-state index contributed by atoms with van der Waals surface area (Å²) in [5.74, 6) is -0.596. The van der Waals surface area contributed by atoms with Crippen molar-refractivity contribution in [2.45, 2.75) is 26.7 Å². The van der Waals surface area contributed by atoms with Gasteiger partial charge in [-0.25, -0.2) is 4.39 Å². The van der Waals surface area contributed by atoms with Crippen LogP contribution in [0.25, 0.3) is 0 Å². The first-order chi connectivity index (χ1) is 5.95. The molecule has 0 heterocycles. The largest absolute Gasteiger partial charge is 0.508 e. The predicted molar refractivity (Wildman–Crippen MR) is 51.9 cm³/mol. The summed E-state index contributed by atoms with van der Waals surface area (Å²) in [6, 6.07) is 1.49. The van der Waals surface area contributed by atoms with E-state index in [1.54, 1.807) is 6.92 Å². The molecular weight excluding hydrogens is 191 g/mol. The van der Waals surface area contributed by atoms with E-state index in [9.17, 15) is 9.50 Å². The topological polar surface area (TPSA) is 20.2 Å². The summed E-state index contributed by atoms with van der Waals surface area (Å²) < 4.78 is 13.5. The summed E-state index contributed by atoms with van der Waals surface area (Å²) in [5, 5.41) is 9.57. The van der Waals surface area contributed by atoms with Gasteiger partial charge in [-0.05, 0) is 24.5 Å². The van der Waals surface area contributed by atoms with Crippen molar-refractivity contribution in [3.05, 3.63) is 28.0 Å². The van der Waals surface area contributed by atoms with Crippen molar-refractivity contribution >= 4 is 11.6 Å². The van der Waals surface area contributed by atoms with Crippen molar-refractivity contribution in [2.24, 2.45) is 0 Å². The highest BCUT2D eigenvalue weighted by Crippen LogP contribution is 2.34. The van der Waals surface area contributed by atoms with E-state index in [-0.39, 0.29) is 22.3 Å². The minimum Gasteiger partial charge on any atom is -0.508 e. The molecule has 0 aliphatic heterocycles. The molecule has 1 N–H and O–H groups in total. The monoisotopic (exact) mass is 202 g/mol. The molecule has 0 aliphatic carbocycles. The van der Waals surface area contributed by atoms with Gasteiger partial charge in [0, 0.05) is 5.56 Å². The lowest BCUT2D eigenvalue weighted by atomic mass is 10.00. The first kappa shape index (κ1) is 10.3. The second kappa shape index (κ2) is 3.54. The molecule has 1 aromatic carbocycles. The highest BCUT2D eigenvalue weighted by molar-refractivity contribution is 6.31. The number of phenolic OH excluding ortho intramolecular Hbond substituents is 1. The second-order valence-corrected chi connectivity index (χ2v) is 3.79.